The lowest BCUT2D eigenvalue weighted by atomic mass is 10.2. The van der Waals surface area contributed by atoms with Gasteiger partial charge in [-0.2, -0.15) is 0 Å². The highest BCUT2D eigenvalue weighted by Gasteiger charge is 2.05. The molecule has 15 heavy (non-hydrogen) atoms. The summed E-state index contributed by atoms with van der Waals surface area (Å²) < 4.78 is 9.34. The van der Waals surface area contributed by atoms with Gasteiger partial charge in [-0.1, -0.05) is 6.58 Å². The molecule has 1 aromatic carbocycles. The van der Waals surface area contributed by atoms with Gasteiger partial charge < -0.3 is 9.47 Å². The van der Waals surface area contributed by atoms with Crippen molar-refractivity contribution in [3.63, 3.8) is 0 Å². The molecule has 0 heterocycles. The zero-order valence-corrected chi connectivity index (χ0v) is 8.23. The van der Waals surface area contributed by atoms with Crippen molar-refractivity contribution in [2.75, 3.05) is 7.11 Å². The standard InChI is InChI=1S/C11H10O4/c1-3-10(12)15-9-6-4-8(5-7-9)11(13)14-2/h3-7H,1H2,2H3. The quantitative estimate of drug-likeness (QED) is 0.428. The Morgan fingerprint density at radius 3 is 2.33 bits per heavy atom. The number of methoxy groups -OCH3 is 1. The smallest absolute Gasteiger partial charge is 0.337 e. The summed E-state index contributed by atoms with van der Waals surface area (Å²) in [4.78, 5) is 21.9. The van der Waals surface area contributed by atoms with Crippen molar-refractivity contribution in [2.24, 2.45) is 0 Å². The Hall–Kier alpha value is -2.10. The third-order valence-corrected chi connectivity index (χ3v) is 1.66. The minimum absolute atomic E-state index is 0.354. The molecule has 0 N–H and O–H groups in total. The second-order valence-corrected chi connectivity index (χ2v) is 2.64. The van der Waals surface area contributed by atoms with Gasteiger partial charge in [-0.3, -0.25) is 0 Å². The van der Waals surface area contributed by atoms with Crippen molar-refractivity contribution >= 4 is 11.9 Å². The maximum absolute atomic E-state index is 11.1. The van der Waals surface area contributed by atoms with Crippen LogP contribution in [0, 0.1) is 0 Å². The number of benzene rings is 1. The van der Waals surface area contributed by atoms with Gasteiger partial charge in [0.15, 0.2) is 0 Å². The Morgan fingerprint density at radius 1 is 1.27 bits per heavy atom. The molecule has 0 unspecified atom stereocenters. The second kappa shape index (κ2) is 4.95. The largest absolute Gasteiger partial charge is 0.465 e. The van der Waals surface area contributed by atoms with Crippen LogP contribution in [0.5, 0.6) is 5.75 Å². The first-order valence-electron chi connectivity index (χ1n) is 4.20. The van der Waals surface area contributed by atoms with E-state index in [9.17, 15) is 9.59 Å². The third kappa shape index (κ3) is 2.95. The molecule has 0 bridgehead atoms. The number of hydrogen-bond acceptors (Lipinski definition) is 4. The predicted octanol–water partition coefficient (Wildman–Crippen LogP) is 1.56. The van der Waals surface area contributed by atoms with E-state index in [1.165, 1.54) is 31.4 Å². The normalized spacial score (nSPS) is 9.13. The van der Waals surface area contributed by atoms with Crippen LogP contribution in [0.3, 0.4) is 0 Å². The van der Waals surface area contributed by atoms with Crippen molar-refractivity contribution < 1.29 is 19.1 Å². The van der Waals surface area contributed by atoms with Crippen LogP contribution in [0.15, 0.2) is 36.9 Å². The van der Waals surface area contributed by atoms with Crippen LogP contribution in [-0.4, -0.2) is 19.0 Å². The first-order chi connectivity index (χ1) is 7.17. The molecule has 0 amide bonds. The fourth-order valence-electron chi connectivity index (χ4n) is 0.935. The summed E-state index contributed by atoms with van der Waals surface area (Å²) in [5.74, 6) is -0.620. The van der Waals surface area contributed by atoms with Gasteiger partial charge in [0, 0.05) is 6.08 Å². The molecule has 0 atom stereocenters. The highest BCUT2D eigenvalue weighted by atomic mass is 16.5. The van der Waals surface area contributed by atoms with Crippen molar-refractivity contribution in [1.82, 2.24) is 0 Å². The number of ether oxygens (including phenoxy) is 2. The van der Waals surface area contributed by atoms with Crippen molar-refractivity contribution in [3.8, 4) is 5.75 Å². The van der Waals surface area contributed by atoms with Gasteiger partial charge in [-0.25, -0.2) is 9.59 Å². The molecule has 4 heteroatoms. The summed E-state index contributed by atoms with van der Waals surface area (Å²) in [5, 5.41) is 0. The van der Waals surface area contributed by atoms with Gasteiger partial charge in [0.05, 0.1) is 12.7 Å². The fraction of sp³-hybridized carbons (Fsp3) is 0.0909. The number of hydrogen-bond donors (Lipinski definition) is 0. The zero-order valence-electron chi connectivity index (χ0n) is 8.23. The second-order valence-electron chi connectivity index (χ2n) is 2.64. The van der Waals surface area contributed by atoms with Crippen LogP contribution in [0.25, 0.3) is 0 Å². The fourth-order valence-corrected chi connectivity index (χ4v) is 0.935. The Bertz CT molecular complexity index is 378. The number of esters is 2. The molecule has 0 aromatic heterocycles. The van der Waals surface area contributed by atoms with Gasteiger partial charge in [0.2, 0.25) is 0 Å². The van der Waals surface area contributed by atoms with E-state index in [-0.39, 0.29) is 0 Å². The molecule has 0 fully saturated rings. The van der Waals surface area contributed by atoms with Crippen molar-refractivity contribution in [3.05, 3.63) is 42.5 Å². The van der Waals surface area contributed by atoms with E-state index >= 15 is 0 Å². The molecular weight excluding hydrogens is 196 g/mol. The van der Waals surface area contributed by atoms with E-state index in [0.717, 1.165) is 6.08 Å². The zero-order chi connectivity index (χ0) is 11.3. The summed E-state index contributed by atoms with van der Waals surface area (Å²) in [6.45, 7) is 3.27. The van der Waals surface area contributed by atoms with Gasteiger partial charge in [0.1, 0.15) is 5.75 Å². The Balaban J connectivity index is 2.76. The third-order valence-electron chi connectivity index (χ3n) is 1.66. The summed E-state index contributed by atoms with van der Waals surface area (Å²) >= 11 is 0. The average molecular weight is 206 g/mol. The highest BCUT2D eigenvalue weighted by molar-refractivity contribution is 5.89. The van der Waals surface area contributed by atoms with E-state index in [0.29, 0.717) is 11.3 Å². The van der Waals surface area contributed by atoms with Crippen molar-refractivity contribution in [1.29, 1.82) is 0 Å². The maximum atomic E-state index is 11.1. The van der Waals surface area contributed by atoms with E-state index in [4.69, 9.17) is 4.74 Å². The van der Waals surface area contributed by atoms with Gasteiger partial charge in [0.25, 0.3) is 0 Å². The van der Waals surface area contributed by atoms with Crippen LogP contribution < -0.4 is 4.74 Å². The summed E-state index contributed by atoms with van der Waals surface area (Å²) in [6.07, 6.45) is 1.06. The lowest BCUT2D eigenvalue weighted by Gasteiger charge is -2.02. The monoisotopic (exact) mass is 206 g/mol. The highest BCUT2D eigenvalue weighted by Crippen LogP contribution is 2.12. The molecule has 78 valence electrons. The van der Waals surface area contributed by atoms with E-state index in [2.05, 4.69) is 11.3 Å². The van der Waals surface area contributed by atoms with Crippen LogP contribution >= 0.6 is 0 Å². The molecule has 1 aromatic rings. The molecular formula is C11H10O4. The molecule has 0 spiro atoms. The average Bonchev–Trinajstić information content (AvgIpc) is 2.29. The number of rotatable bonds is 3. The van der Waals surface area contributed by atoms with Crippen molar-refractivity contribution in [2.45, 2.75) is 0 Å². The molecule has 0 radical (unpaired) electrons. The van der Waals surface area contributed by atoms with Crippen LogP contribution in [0.4, 0.5) is 0 Å². The van der Waals surface area contributed by atoms with Gasteiger partial charge in [-0.05, 0) is 24.3 Å². The van der Waals surface area contributed by atoms with Gasteiger partial charge in [-0.15, -0.1) is 0 Å². The molecule has 0 aliphatic carbocycles. The maximum Gasteiger partial charge on any atom is 0.337 e. The predicted molar refractivity (Wildman–Crippen MR) is 53.6 cm³/mol. The van der Waals surface area contributed by atoms with E-state index < -0.39 is 11.9 Å². The summed E-state index contributed by atoms with van der Waals surface area (Å²) in [5.41, 5.74) is 0.399. The SMILES string of the molecule is C=CC(=O)Oc1ccc(C(=O)OC)cc1. The summed E-state index contributed by atoms with van der Waals surface area (Å²) in [7, 11) is 1.30. The molecule has 4 nitrogen and oxygen atoms in total. The Kier molecular flexibility index (Phi) is 3.62. The van der Waals surface area contributed by atoms with Crippen LogP contribution in [-0.2, 0) is 9.53 Å². The van der Waals surface area contributed by atoms with Crippen LogP contribution in [0.1, 0.15) is 10.4 Å². The molecule has 0 saturated carbocycles. The lowest BCUT2D eigenvalue weighted by Crippen LogP contribution is -2.04. The lowest BCUT2D eigenvalue weighted by molar-refractivity contribution is -0.128. The van der Waals surface area contributed by atoms with Gasteiger partial charge >= 0.3 is 11.9 Å². The van der Waals surface area contributed by atoms with E-state index in [1.54, 1.807) is 0 Å². The minimum atomic E-state index is -0.541. The minimum Gasteiger partial charge on any atom is -0.465 e. The molecule has 0 aliphatic rings. The Labute approximate surface area is 87.1 Å². The van der Waals surface area contributed by atoms with E-state index in [1.807, 2.05) is 0 Å². The number of carbonyl (C=O) groups is 2. The molecule has 0 saturated heterocycles. The first kappa shape index (κ1) is 11.0. The topological polar surface area (TPSA) is 52.6 Å². The van der Waals surface area contributed by atoms with Crippen LogP contribution in [0.2, 0.25) is 0 Å². The number of carbonyl (C=O) groups excluding carboxylic acids is 2. The first-order valence-corrected chi connectivity index (χ1v) is 4.20. The Morgan fingerprint density at radius 2 is 1.87 bits per heavy atom. The molecule has 1 rings (SSSR count). The molecule has 0 aliphatic heterocycles. The summed E-state index contributed by atoms with van der Waals surface area (Å²) in [6, 6.07) is 6.04.